The molecule has 258 valence electrons. The van der Waals surface area contributed by atoms with E-state index in [-0.39, 0.29) is 11.1 Å². The van der Waals surface area contributed by atoms with Gasteiger partial charge in [0.25, 0.3) is 0 Å². The Morgan fingerprint density at radius 1 is 0.288 bits per heavy atom. The zero-order chi connectivity index (χ0) is 36.0. The van der Waals surface area contributed by atoms with Gasteiger partial charge in [0.05, 0.1) is 11.1 Å². The minimum Gasteiger partial charge on any atom is -0.376 e. The fraction of sp³-hybridized carbons (Fsp3) is 0.125. The average Bonchev–Trinajstić information content (AvgIpc) is 3.18. The maximum Gasteiger partial charge on any atom is 0.0569 e. The van der Waals surface area contributed by atoms with Crippen LogP contribution in [0.25, 0.3) is 0 Å². The maximum atomic E-state index is 3.78. The Morgan fingerprint density at radius 2 is 0.519 bits per heavy atom. The number of para-hydroxylation sites is 4. The fourth-order valence-corrected chi connectivity index (χ4v) is 6.76. The third-order valence-electron chi connectivity index (χ3n) is 9.55. The van der Waals surface area contributed by atoms with E-state index in [4.69, 9.17) is 0 Å². The van der Waals surface area contributed by atoms with Crippen molar-refractivity contribution < 1.29 is 0 Å². The first-order valence-electron chi connectivity index (χ1n) is 17.9. The van der Waals surface area contributed by atoms with Gasteiger partial charge in [0, 0.05) is 45.5 Å². The van der Waals surface area contributed by atoms with Crippen LogP contribution in [-0.2, 0) is 11.1 Å². The molecular weight excluding hydrogens is 633 g/mol. The van der Waals surface area contributed by atoms with E-state index in [1.165, 1.54) is 11.1 Å². The molecule has 7 rings (SSSR count). The van der Waals surface area contributed by atoms with E-state index >= 15 is 0 Å². The predicted octanol–water partition coefficient (Wildman–Crippen LogP) is 13.3. The molecule has 0 bridgehead atoms. The Balaban J connectivity index is 1.03. The zero-order valence-corrected chi connectivity index (χ0v) is 30.4. The molecule has 7 aromatic rings. The molecule has 0 aliphatic rings. The molecule has 0 spiro atoms. The summed E-state index contributed by atoms with van der Waals surface area (Å²) >= 11 is 0. The molecule has 7 aromatic carbocycles. The standard InChI is InChI=1S/C48H46N4/c1-47(2,50-40-31-35-46(36-32-40)52(43-21-13-7-14-22-43)44-23-15-8-16-24-44)37-25-29-39(30-26-37)49-48(3,4)38-27-33-45(34-28-38)51(41-17-9-5-10-18-41)42-19-11-6-12-20-42/h5-36,49-50H,1-4H3. The van der Waals surface area contributed by atoms with Crippen molar-refractivity contribution in [2.45, 2.75) is 38.8 Å². The molecule has 52 heavy (non-hydrogen) atoms. The number of benzene rings is 7. The lowest BCUT2D eigenvalue weighted by Gasteiger charge is -2.31. The van der Waals surface area contributed by atoms with Crippen molar-refractivity contribution in [3.8, 4) is 0 Å². The van der Waals surface area contributed by atoms with Crippen LogP contribution >= 0.6 is 0 Å². The second-order valence-electron chi connectivity index (χ2n) is 14.2. The SMILES string of the molecule is CC(C)(Nc1ccc(N(c2ccccc2)c2ccccc2)cc1)c1ccc(NC(C)(C)c2ccc(N(c3ccccc3)c3ccccc3)cc2)cc1. The summed E-state index contributed by atoms with van der Waals surface area (Å²) in [6.07, 6.45) is 0. The Bertz CT molecular complexity index is 2070. The molecule has 0 radical (unpaired) electrons. The third kappa shape index (κ3) is 7.72. The van der Waals surface area contributed by atoms with Crippen molar-refractivity contribution in [2.24, 2.45) is 0 Å². The Kier molecular flexibility index (Phi) is 9.81. The summed E-state index contributed by atoms with van der Waals surface area (Å²) in [6.45, 7) is 8.91. The largest absolute Gasteiger partial charge is 0.376 e. The van der Waals surface area contributed by atoms with Gasteiger partial charge in [-0.3, -0.25) is 0 Å². The molecule has 0 amide bonds. The van der Waals surface area contributed by atoms with Crippen LogP contribution in [0, 0.1) is 0 Å². The topological polar surface area (TPSA) is 30.5 Å². The molecule has 0 aliphatic heterocycles. The van der Waals surface area contributed by atoms with Crippen molar-refractivity contribution in [2.75, 3.05) is 20.4 Å². The summed E-state index contributed by atoms with van der Waals surface area (Å²) in [5, 5.41) is 7.55. The molecule has 0 aliphatic carbocycles. The number of nitrogens with zero attached hydrogens (tertiary/aromatic N) is 2. The van der Waals surface area contributed by atoms with E-state index in [0.29, 0.717) is 0 Å². The van der Waals surface area contributed by atoms with Gasteiger partial charge in [-0.2, -0.15) is 0 Å². The molecule has 0 saturated heterocycles. The second kappa shape index (κ2) is 14.9. The fourth-order valence-electron chi connectivity index (χ4n) is 6.76. The highest BCUT2D eigenvalue weighted by Gasteiger charge is 2.24. The highest BCUT2D eigenvalue weighted by Crippen LogP contribution is 2.38. The van der Waals surface area contributed by atoms with Gasteiger partial charge >= 0.3 is 0 Å². The normalized spacial score (nSPS) is 11.5. The van der Waals surface area contributed by atoms with E-state index in [0.717, 1.165) is 45.5 Å². The summed E-state index contributed by atoms with van der Waals surface area (Å²) in [5.74, 6) is 0. The summed E-state index contributed by atoms with van der Waals surface area (Å²) in [5.41, 5.74) is 10.7. The molecule has 2 N–H and O–H groups in total. The van der Waals surface area contributed by atoms with Gasteiger partial charge in [0.2, 0.25) is 0 Å². The van der Waals surface area contributed by atoms with Gasteiger partial charge in [0.15, 0.2) is 0 Å². The Morgan fingerprint density at radius 3 is 0.827 bits per heavy atom. The van der Waals surface area contributed by atoms with Gasteiger partial charge in [-0.15, -0.1) is 0 Å². The van der Waals surface area contributed by atoms with Crippen LogP contribution in [0.4, 0.5) is 45.5 Å². The molecule has 0 heterocycles. The van der Waals surface area contributed by atoms with Crippen molar-refractivity contribution in [3.05, 3.63) is 205 Å². The number of hydrogen-bond donors (Lipinski definition) is 2. The van der Waals surface area contributed by atoms with E-state index in [9.17, 15) is 0 Å². The van der Waals surface area contributed by atoms with Crippen LogP contribution in [0.15, 0.2) is 194 Å². The summed E-state index contributed by atoms with van der Waals surface area (Å²) in [4.78, 5) is 4.57. The Hall–Kier alpha value is -6.26. The van der Waals surface area contributed by atoms with E-state index in [1.54, 1.807) is 0 Å². The first-order chi connectivity index (χ1) is 25.3. The quantitative estimate of drug-likeness (QED) is 0.135. The van der Waals surface area contributed by atoms with Crippen LogP contribution in [0.1, 0.15) is 38.8 Å². The van der Waals surface area contributed by atoms with Gasteiger partial charge in [0.1, 0.15) is 0 Å². The van der Waals surface area contributed by atoms with Crippen molar-refractivity contribution in [1.82, 2.24) is 0 Å². The molecule has 0 unspecified atom stereocenters. The summed E-state index contributed by atoms with van der Waals surface area (Å²) in [6, 6.07) is 68.4. The predicted molar refractivity (Wildman–Crippen MR) is 222 cm³/mol. The molecule has 0 saturated carbocycles. The van der Waals surface area contributed by atoms with Gasteiger partial charge in [-0.1, -0.05) is 97.1 Å². The van der Waals surface area contributed by atoms with Crippen LogP contribution < -0.4 is 20.4 Å². The number of hydrogen-bond acceptors (Lipinski definition) is 4. The second-order valence-corrected chi connectivity index (χ2v) is 14.2. The first kappa shape index (κ1) is 34.2. The van der Waals surface area contributed by atoms with Crippen LogP contribution in [0.5, 0.6) is 0 Å². The van der Waals surface area contributed by atoms with Gasteiger partial charge < -0.3 is 20.4 Å². The number of anilines is 8. The third-order valence-corrected chi connectivity index (χ3v) is 9.55. The molecular formula is C48H46N4. The van der Waals surface area contributed by atoms with Crippen molar-refractivity contribution >= 4 is 45.5 Å². The number of rotatable bonds is 12. The summed E-state index contributed by atoms with van der Waals surface area (Å²) < 4.78 is 0. The van der Waals surface area contributed by atoms with E-state index in [1.807, 2.05) is 0 Å². The highest BCUT2D eigenvalue weighted by atomic mass is 15.1. The molecule has 4 heteroatoms. The maximum absolute atomic E-state index is 3.78. The first-order valence-corrected chi connectivity index (χ1v) is 17.9. The van der Waals surface area contributed by atoms with E-state index in [2.05, 4.69) is 242 Å². The lowest BCUT2D eigenvalue weighted by atomic mass is 9.92. The van der Waals surface area contributed by atoms with Gasteiger partial charge in [-0.05, 0) is 136 Å². The minimum atomic E-state index is -0.284. The zero-order valence-electron chi connectivity index (χ0n) is 30.4. The monoisotopic (exact) mass is 678 g/mol. The number of nitrogens with one attached hydrogen (secondary N) is 2. The molecule has 4 nitrogen and oxygen atoms in total. The average molecular weight is 679 g/mol. The van der Waals surface area contributed by atoms with Crippen LogP contribution in [0.2, 0.25) is 0 Å². The van der Waals surface area contributed by atoms with E-state index < -0.39 is 0 Å². The van der Waals surface area contributed by atoms with Gasteiger partial charge in [-0.25, -0.2) is 0 Å². The van der Waals surface area contributed by atoms with Crippen LogP contribution in [-0.4, -0.2) is 0 Å². The lowest BCUT2D eigenvalue weighted by Crippen LogP contribution is -2.29. The van der Waals surface area contributed by atoms with Crippen molar-refractivity contribution in [3.63, 3.8) is 0 Å². The minimum absolute atomic E-state index is 0.284. The van der Waals surface area contributed by atoms with Crippen LogP contribution in [0.3, 0.4) is 0 Å². The smallest absolute Gasteiger partial charge is 0.0569 e. The molecule has 0 atom stereocenters. The molecule has 0 aromatic heterocycles. The molecule has 0 fully saturated rings. The lowest BCUT2D eigenvalue weighted by molar-refractivity contribution is 0.604. The highest BCUT2D eigenvalue weighted by molar-refractivity contribution is 5.78. The Labute approximate surface area is 309 Å². The summed E-state index contributed by atoms with van der Waals surface area (Å²) in [7, 11) is 0. The van der Waals surface area contributed by atoms with Crippen molar-refractivity contribution in [1.29, 1.82) is 0 Å².